The highest BCUT2D eigenvalue weighted by Gasteiger charge is 2.10. The summed E-state index contributed by atoms with van der Waals surface area (Å²) in [5.74, 6) is 0.571. The molecule has 0 aliphatic carbocycles. The molecule has 0 radical (unpaired) electrons. The van der Waals surface area contributed by atoms with Gasteiger partial charge in [-0.25, -0.2) is 4.98 Å². The van der Waals surface area contributed by atoms with Gasteiger partial charge in [-0.1, -0.05) is 13.8 Å². The lowest BCUT2D eigenvalue weighted by Gasteiger charge is -2.26. The summed E-state index contributed by atoms with van der Waals surface area (Å²) in [6.07, 6.45) is 2.37. The van der Waals surface area contributed by atoms with Crippen molar-refractivity contribution in [3.8, 4) is 0 Å². The zero-order valence-electron chi connectivity index (χ0n) is 10.9. The standard InChI is InChI=1S/C13H23N3S/c1-11(2)13-15-12(10-17-13)4-3-7-16-8-5-14-6-9-16/h10-11,14H,3-9H2,1-2H3. The summed E-state index contributed by atoms with van der Waals surface area (Å²) in [4.78, 5) is 7.23. The molecule has 0 unspecified atom stereocenters. The van der Waals surface area contributed by atoms with Crippen LogP contribution in [-0.2, 0) is 6.42 Å². The second kappa shape index (κ2) is 6.47. The SMILES string of the molecule is CC(C)c1nc(CCCN2CCNCC2)cs1. The Labute approximate surface area is 108 Å². The van der Waals surface area contributed by atoms with Crippen LogP contribution in [0, 0.1) is 0 Å². The van der Waals surface area contributed by atoms with E-state index in [4.69, 9.17) is 0 Å². The molecule has 2 rings (SSSR count). The lowest BCUT2D eigenvalue weighted by atomic mass is 10.2. The van der Waals surface area contributed by atoms with Crippen LogP contribution in [0.3, 0.4) is 0 Å². The number of rotatable bonds is 5. The first-order valence-corrected chi connectivity index (χ1v) is 7.51. The average Bonchev–Trinajstić information content (AvgIpc) is 2.79. The maximum Gasteiger partial charge on any atom is 0.0953 e. The number of hydrogen-bond acceptors (Lipinski definition) is 4. The van der Waals surface area contributed by atoms with Crippen molar-refractivity contribution in [1.29, 1.82) is 0 Å². The summed E-state index contributed by atoms with van der Waals surface area (Å²) < 4.78 is 0. The van der Waals surface area contributed by atoms with Crippen molar-refractivity contribution in [3.63, 3.8) is 0 Å². The van der Waals surface area contributed by atoms with Gasteiger partial charge >= 0.3 is 0 Å². The molecule has 4 heteroatoms. The molecular formula is C13H23N3S. The number of nitrogens with zero attached hydrogens (tertiary/aromatic N) is 2. The van der Waals surface area contributed by atoms with Gasteiger partial charge in [0.15, 0.2) is 0 Å². The smallest absolute Gasteiger partial charge is 0.0953 e. The van der Waals surface area contributed by atoms with Crippen LogP contribution in [0.4, 0.5) is 0 Å². The fourth-order valence-electron chi connectivity index (χ4n) is 2.12. The average molecular weight is 253 g/mol. The van der Waals surface area contributed by atoms with E-state index in [0.717, 1.165) is 19.5 Å². The summed E-state index contributed by atoms with van der Waals surface area (Å²) >= 11 is 1.81. The van der Waals surface area contributed by atoms with Crippen molar-refractivity contribution in [3.05, 3.63) is 16.1 Å². The van der Waals surface area contributed by atoms with Crippen molar-refractivity contribution in [1.82, 2.24) is 15.2 Å². The third-order valence-corrected chi connectivity index (χ3v) is 4.37. The van der Waals surface area contributed by atoms with Crippen LogP contribution in [0.2, 0.25) is 0 Å². The molecule has 3 nitrogen and oxygen atoms in total. The molecule has 1 aromatic heterocycles. The maximum absolute atomic E-state index is 4.68. The molecule has 96 valence electrons. The Morgan fingerprint density at radius 2 is 2.18 bits per heavy atom. The van der Waals surface area contributed by atoms with E-state index in [1.807, 2.05) is 11.3 Å². The third-order valence-electron chi connectivity index (χ3n) is 3.18. The number of hydrogen-bond donors (Lipinski definition) is 1. The number of nitrogens with one attached hydrogen (secondary N) is 1. The van der Waals surface area contributed by atoms with Crippen molar-refractivity contribution in [2.24, 2.45) is 0 Å². The van der Waals surface area contributed by atoms with E-state index < -0.39 is 0 Å². The van der Waals surface area contributed by atoms with E-state index in [2.05, 4.69) is 34.4 Å². The van der Waals surface area contributed by atoms with Crippen molar-refractivity contribution < 1.29 is 0 Å². The first-order valence-electron chi connectivity index (χ1n) is 6.63. The van der Waals surface area contributed by atoms with Crippen LogP contribution in [0.15, 0.2) is 5.38 Å². The Bertz CT molecular complexity index is 329. The van der Waals surface area contributed by atoms with Gasteiger partial charge in [0.25, 0.3) is 0 Å². The molecule has 1 N–H and O–H groups in total. The van der Waals surface area contributed by atoms with E-state index in [1.54, 1.807) is 0 Å². The van der Waals surface area contributed by atoms with Gasteiger partial charge in [-0.2, -0.15) is 0 Å². The van der Waals surface area contributed by atoms with E-state index in [0.29, 0.717) is 5.92 Å². The van der Waals surface area contributed by atoms with Gasteiger partial charge in [0.1, 0.15) is 0 Å². The molecular weight excluding hydrogens is 230 g/mol. The highest BCUT2D eigenvalue weighted by molar-refractivity contribution is 7.09. The monoisotopic (exact) mass is 253 g/mol. The molecule has 1 aliphatic heterocycles. The number of piperazine rings is 1. The molecule has 0 saturated carbocycles. The molecule has 1 aromatic rings. The zero-order chi connectivity index (χ0) is 12.1. The number of aryl methyl sites for hydroxylation is 1. The van der Waals surface area contributed by atoms with Gasteiger partial charge in [0.2, 0.25) is 0 Å². The van der Waals surface area contributed by atoms with Crippen LogP contribution < -0.4 is 5.32 Å². The summed E-state index contributed by atoms with van der Waals surface area (Å²) in [5, 5.41) is 6.90. The van der Waals surface area contributed by atoms with Crippen molar-refractivity contribution >= 4 is 11.3 Å². The minimum Gasteiger partial charge on any atom is -0.314 e. The normalized spacial score (nSPS) is 17.8. The van der Waals surface area contributed by atoms with Gasteiger partial charge in [-0.15, -0.1) is 11.3 Å². The van der Waals surface area contributed by atoms with Gasteiger partial charge in [-0.05, 0) is 19.4 Å². The number of aromatic nitrogens is 1. The second-order valence-electron chi connectivity index (χ2n) is 5.03. The predicted molar refractivity (Wildman–Crippen MR) is 73.8 cm³/mol. The van der Waals surface area contributed by atoms with Crippen molar-refractivity contribution in [2.75, 3.05) is 32.7 Å². The van der Waals surface area contributed by atoms with E-state index in [1.165, 1.54) is 36.8 Å². The van der Waals surface area contributed by atoms with Crippen LogP contribution in [0.25, 0.3) is 0 Å². The molecule has 0 aromatic carbocycles. The Morgan fingerprint density at radius 3 is 2.82 bits per heavy atom. The van der Waals surface area contributed by atoms with Crippen molar-refractivity contribution in [2.45, 2.75) is 32.6 Å². The van der Waals surface area contributed by atoms with Crippen LogP contribution in [0.1, 0.15) is 36.9 Å². The summed E-state index contributed by atoms with van der Waals surface area (Å²) in [5.41, 5.74) is 1.29. The van der Waals surface area contributed by atoms with Gasteiger partial charge < -0.3 is 10.2 Å². The Hall–Kier alpha value is -0.450. The molecule has 17 heavy (non-hydrogen) atoms. The first-order chi connectivity index (χ1) is 8.25. The Morgan fingerprint density at radius 1 is 1.41 bits per heavy atom. The molecule has 1 fully saturated rings. The lowest BCUT2D eigenvalue weighted by Crippen LogP contribution is -2.43. The van der Waals surface area contributed by atoms with Crippen LogP contribution in [0.5, 0.6) is 0 Å². The highest BCUT2D eigenvalue weighted by atomic mass is 32.1. The Kier molecular flexibility index (Phi) is 4.95. The van der Waals surface area contributed by atoms with Crippen LogP contribution in [-0.4, -0.2) is 42.6 Å². The molecule has 0 atom stereocenters. The topological polar surface area (TPSA) is 28.2 Å². The summed E-state index contributed by atoms with van der Waals surface area (Å²) in [6, 6.07) is 0. The zero-order valence-corrected chi connectivity index (χ0v) is 11.7. The van der Waals surface area contributed by atoms with Gasteiger partial charge in [0, 0.05) is 37.5 Å². The molecule has 0 spiro atoms. The van der Waals surface area contributed by atoms with E-state index in [-0.39, 0.29) is 0 Å². The molecule has 1 saturated heterocycles. The van der Waals surface area contributed by atoms with Gasteiger partial charge in [0.05, 0.1) is 10.7 Å². The summed E-state index contributed by atoms with van der Waals surface area (Å²) in [6.45, 7) is 10.3. The lowest BCUT2D eigenvalue weighted by molar-refractivity contribution is 0.238. The Balaban J connectivity index is 1.70. The minimum absolute atomic E-state index is 0.571. The fourth-order valence-corrected chi connectivity index (χ4v) is 2.99. The molecule has 0 bridgehead atoms. The fraction of sp³-hybridized carbons (Fsp3) is 0.769. The predicted octanol–water partition coefficient (Wildman–Crippen LogP) is 2.10. The first kappa shape index (κ1) is 13.0. The van der Waals surface area contributed by atoms with E-state index in [9.17, 15) is 0 Å². The number of thiazole rings is 1. The second-order valence-corrected chi connectivity index (χ2v) is 5.92. The quantitative estimate of drug-likeness (QED) is 0.871. The molecule has 0 amide bonds. The van der Waals surface area contributed by atoms with Gasteiger partial charge in [-0.3, -0.25) is 0 Å². The minimum atomic E-state index is 0.571. The van der Waals surface area contributed by atoms with E-state index >= 15 is 0 Å². The van der Waals surface area contributed by atoms with Crippen LogP contribution >= 0.6 is 11.3 Å². The maximum atomic E-state index is 4.68. The summed E-state index contributed by atoms with van der Waals surface area (Å²) in [7, 11) is 0. The molecule has 1 aliphatic rings. The largest absolute Gasteiger partial charge is 0.314 e. The third kappa shape index (κ3) is 4.05. The highest BCUT2D eigenvalue weighted by Crippen LogP contribution is 2.19. The molecule has 2 heterocycles.